The van der Waals surface area contributed by atoms with E-state index in [0.717, 1.165) is 32.1 Å². The van der Waals surface area contributed by atoms with Crippen LogP contribution >= 0.6 is 22.9 Å². The van der Waals surface area contributed by atoms with Crippen LogP contribution in [0.3, 0.4) is 0 Å². The normalized spacial score (nSPS) is 24.5. The van der Waals surface area contributed by atoms with Crippen molar-refractivity contribution in [3.8, 4) is 0 Å². The van der Waals surface area contributed by atoms with Gasteiger partial charge in [-0.2, -0.15) is 0 Å². The highest BCUT2D eigenvalue weighted by Gasteiger charge is 2.33. The lowest BCUT2D eigenvalue weighted by molar-refractivity contribution is -0.133. The summed E-state index contributed by atoms with van der Waals surface area (Å²) >= 11 is 2.18. The molecule has 0 spiro atoms. The second-order valence-electron chi connectivity index (χ2n) is 4.94. The lowest BCUT2D eigenvalue weighted by Gasteiger charge is -2.33. The molecule has 0 aromatic heterocycles. The lowest BCUT2D eigenvalue weighted by Crippen LogP contribution is -2.48. The van der Waals surface area contributed by atoms with Gasteiger partial charge in [0, 0.05) is 61.5 Å². The number of hydrogen-bond donors (Lipinski definition) is 1. The number of hydrogen-bond acceptors (Lipinski definition) is 3. The summed E-state index contributed by atoms with van der Waals surface area (Å²) in [4.78, 5) is 16.4. The number of amides is 1. The number of nitrogens with zero attached hydrogens (tertiary/aromatic N) is 2. The first-order valence-corrected chi connectivity index (χ1v) is 7.11. The zero-order chi connectivity index (χ0) is 11.5. The minimum absolute atomic E-state index is 0.328. The summed E-state index contributed by atoms with van der Waals surface area (Å²) in [6.07, 6.45) is 3.25. The van der Waals surface area contributed by atoms with Crippen molar-refractivity contribution in [1.29, 1.82) is 0 Å². The highest BCUT2D eigenvalue weighted by Crippen LogP contribution is 2.34. The minimum Gasteiger partial charge on any atom is -0.340 e. The van der Waals surface area contributed by atoms with Crippen LogP contribution < -0.4 is 3.53 Å². The summed E-state index contributed by atoms with van der Waals surface area (Å²) in [5, 5.41) is 0. The van der Waals surface area contributed by atoms with Gasteiger partial charge in [0.1, 0.15) is 0 Å². The van der Waals surface area contributed by atoms with Crippen molar-refractivity contribution >= 4 is 28.8 Å². The van der Waals surface area contributed by atoms with Crippen LogP contribution in [0, 0.1) is 5.92 Å². The predicted molar refractivity (Wildman–Crippen MR) is 72.4 cm³/mol. The summed E-state index contributed by atoms with van der Waals surface area (Å²) in [5.41, 5.74) is 0. The first kappa shape index (κ1) is 12.6. The fourth-order valence-electron chi connectivity index (χ4n) is 2.17. The predicted octanol–water partition coefficient (Wildman–Crippen LogP) is 0.869. The van der Waals surface area contributed by atoms with Crippen LogP contribution in [-0.4, -0.2) is 55.0 Å². The Hall–Kier alpha value is 0.120. The molecule has 1 aliphatic heterocycles. The van der Waals surface area contributed by atoms with Crippen molar-refractivity contribution in [1.82, 2.24) is 13.3 Å². The summed E-state index contributed by atoms with van der Waals surface area (Å²) in [6.45, 7) is 3.82. The van der Waals surface area contributed by atoms with Crippen molar-refractivity contribution < 1.29 is 4.79 Å². The van der Waals surface area contributed by atoms with Crippen molar-refractivity contribution in [2.75, 3.05) is 33.2 Å². The Labute approximate surface area is 111 Å². The molecule has 5 heteroatoms. The van der Waals surface area contributed by atoms with E-state index in [-0.39, 0.29) is 0 Å². The third kappa shape index (κ3) is 3.30. The summed E-state index contributed by atoms with van der Waals surface area (Å²) in [7, 11) is 2.11. The molecular formula is C11H20IN3O. The van der Waals surface area contributed by atoms with Gasteiger partial charge in [0.25, 0.3) is 0 Å². The second kappa shape index (κ2) is 5.64. The molecule has 1 N–H and O–H groups in total. The van der Waals surface area contributed by atoms with Crippen LogP contribution in [-0.2, 0) is 4.79 Å². The fraction of sp³-hybridized carbons (Fsp3) is 0.909. The van der Waals surface area contributed by atoms with Crippen LogP contribution in [0.4, 0.5) is 0 Å². The molecule has 1 saturated heterocycles. The van der Waals surface area contributed by atoms with Crippen LogP contribution in [0.1, 0.15) is 19.3 Å². The Bertz CT molecular complexity index is 250. The summed E-state index contributed by atoms with van der Waals surface area (Å²) in [5.74, 6) is 1.07. The number of nitrogens with one attached hydrogen (secondary N) is 1. The van der Waals surface area contributed by atoms with Crippen LogP contribution in [0.15, 0.2) is 0 Å². The molecular weight excluding hydrogens is 317 g/mol. The molecule has 1 unspecified atom stereocenters. The van der Waals surface area contributed by atoms with E-state index < -0.39 is 0 Å². The molecule has 1 atom stereocenters. The average molecular weight is 337 g/mol. The molecule has 1 aliphatic carbocycles. The largest absolute Gasteiger partial charge is 0.340 e. The first-order valence-electron chi connectivity index (χ1n) is 6.03. The standard InChI is InChI=1S/C11H20IN3O/c1-14-4-6-15(7-5-14)11(16)8-10(13-12)9-2-3-9/h9-10,13H,2-8H2,1H3. The molecule has 4 nitrogen and oxygen atoms in total. The number of halogens is 1. The molecule has 1 amide bonds. The highest BCUT2D eigenvalue weighted by molar-refractivity contribution is 14.1. The highest BCUT2D eigenvalue weighted by atomic mass is 127. The third-order valence-corrected chi connectivity index (χ3v) is 4.38. The molecule has 2 aliphatic rings. The smallest absolute Gasteiger partial charge is 0.224 e. The van der Waals surface area contributed by atoms with Gasteiger partial charge < -0.3 is 9.80 Å². The van der Waals surface area contributed by atoms with Gasteiger partial charge in [0.05, 0.1) is 0 Å². The third-order valence-electron chi connectivity index (χ3n) is 3.58. The van der Waals surface area contributed by atoms with Crippen molar-refractivity contribution in [2.24, 2.45) is 5.92 Å². The van der Waals surface area contributed by atoms with Crippen LogP contribution in [0.25, 0.3) is 0 Å². The zero-order valence-electron chi connectivity index (χ0n) is 9.79. The molecule has 0 radical (unpaired) electrons. The molecule has 92 valence electrons. The van der Waals surface area contributed by atoms with E-state index in [4.69, 9.17) is 0 Å². The summed E-state index contributed by atoms with van der Waals surface area (Å²) < 4.78 is 3.25. The fourth-order valence-corrected chi connectivity index (χ4v) is 2.89. The van der Waals surface area contributed by atoms with E-state index in [1.54, 1.807) is 0 Å². The molecule has 1 heterocycles. The van der Waals surface area contributed by atoms with Gasteiger partial charge in [-0.3, -0.25) is 8.32 Å². The number of carbonyl (C=O) groups is 1. The maximum absolute atomic E-state index is 12.1. The van der Waals surface area contributed by atoms with E-state index in [0.29, 0.717) is 18.4 Å². The molecule has 0 bridgehead atoms. The van der Waals surface area contributed by atoms with Gasteiger partial charge in [-0.15, -0.1) is 0 Å². The van der Waals surface area contributed by atoms with E-state index >= 15 is 0 Å². The Morgan fingerprint density at radius 1 is 1.38 bits per heavy atom. The maximum Gasteiger partial charge on any atom is 0.224 e. The van der Waals surface area contributed by atoms with Gasteiger partial charge in [0.15, 0.2) is 0 Å². The van der Waals surface area contributed by atoms with E-state index in [2.05, 4.69) is 38.3 Å². The summed E-state index contributed by atoms with van der Waals surface area (Å²) in [6, 6.07) is 0.396. The van der Waals surface area contributed by atoms with Crippen LogP contribution in [0.2, 0.25) is 0 Å². The quantitative estimate of drug-likeness (QED) is 0.611. The zero-order valence-corrected chi connectivity index (χ0v) is 11.9. The minimum atomic E-state index is 0.328. The Morgan fingerprint density at radius 3 is 2.50 bits per heavy atom. The molecule has 0 aromatic rings. The topological polar surface area (TPSA) is 35.6 Å². The SMILES string of the molecule is CN1CCN(C(=O)CC(NI)C2CC2)CC1. The molecule has 0 aromatic carbocycles. The number of rotatable bonds is 4. The van der Waals surface area contributed by atoms with Gasteiger partial charge in [-0.1, -0.05) is 0 Å². The first-order chi connectivity index (χ1) is 7.70. The van der Waals surface area contributed by atoms with Gasteiger partial charge in [-0.05, 0) is 25.8 Å². The molecule has 2 rings (SSSR count). The van der Waals surface area contributed by atoms with Crippen molar-refractivity contribution in [3.63, 3.8) is 0 Å². The Morgan fingerprint density at radius 2 is 2.00 bits per heavy atom. The average Bonchev–Trinajstić information content (AvgIpc) is 3.10. The molecule has 2 fully saturated rings. The number of likely N-dealkylation sites (N-methyl/N-ethyl adjacent to an activating group) is 1. The van der Waals surface area contributed by atoms with Crippen LogP contribution in [0.5, 0.6) is 0 Å². The Balaban J connectivity index is 1.78. The van der Waals surface area contributed by atoms with Gasteiger partial charge in [-0.25, -0.2) is 0 Å². The van der Waals surface area contributed by atoms with Gasteiger partial charge in [0.2, 0.25) is 5.91 Å². The van der Waals surface area contributed by atoms with Crippen molar-refractivity contribution in [3.05, 3.63) is 0 Å². The van der Waals surface area contributed by atoms with E-state index in [1.807, 2.05) is 4.90 Å². The number of piperazine rings is 1. The second-order valence-corrected chi connectivity index (χ2v) is 5.56. The molecule has 16 heavy (non-hydrogen) atoms. The van der Waals surface area contributed by atoms with Crippen molar-refractivity contribution in [2.45, 2.75) is 25.3 Å². The lowest BCUT2D eigenvalue weighted by atomic mass is 10.1. The molecule has 1 saturated carbocycles. The number of carbonyl (C=O) groups excluding carboxylic acids is 1. The van der Waals surface area contributed by atoms with E-state index in [1.165, 1.54) is 12.8 Å². The monoisotopic (exact) mass is 337 g/mol. The maximum atomic E-state index is 12.1. The van der Waals surface area contributed by atoms with E-state index in [9.17, 15) is 4.79 Å². The Kier molecular flexibility index (Phi) is 4.43. The van der Waals surface area contributed by atoms with Gasteiger partial charge >= 0.3 is 0 Å².